The first-order chi connectivity index (χ1) is 6.02. The van der Waals surface area contributed by atoms with Crippen LogP contribution < -0.4 is 10.6 Å². The quantitative estimate of drug-likeness (QED) is 0.619. The van der Waals surface area contributed by atoms with Crippen LogP contribution in [-0.4, -0.2) is 13.0 Å². The summed E-state index contributed by atoms with van der Waals surface area (Å²) in [6.45, 7) is 0. The summed E-state index contributed by atoms with van der Waals surface area (Å²) in [6.07, 6.45) is 0. The number of hydrogen-bond acceptors (Lipinski definition) is 1. The van der Waals surface area contributed by atoms with Crippen LogP contribution in [0.2, 0.25) is 0 Å². The van der Waals surface area contributed by atoms with Crippen molar-refractivity contribution in [2.75, 3.05) is 11.9 Å². The number of nitrogens with zero attached hydrogens (tertiary/aromatic N) is 1. The third-order valence-corrected chi connectivity index (χ3v) is 2.76. The number of anilines is 1. The van der Waals surface area contributed by atoms with Crippen molar-refractivity contribution in [2.24, 2.45) is 5.73 Å². The van der Waals surface area contributed by atoms with E-state index in [4.69, 9.17) is 11.1 Å². The number of rotatable bonds is 1. The molecule has 0 aliphatic carbocycles. The molecule has 0 fully saturated rings. The van der Waals surface area contributed by atoms with E-state index in [2.05, 4.69) is 31.9 Å². The van der Waals surface area contributed by atoms with Gasteiger partial charge in [-0.3, -0.25) is 5.41 Å². The molecule has 0 atom stereocenters. The number of hydrogen-bond donors (Lipinski definition) is 2. The van der Waals surface area contributed by atoms with Crippen LogP contribution in [0.1, 0.15) is 0 Å². The highest BCUT2D eigenvalue weighted by Crippen LogP contribution is 2.28. The number of nitrogens with two attached hydrogens (primary N) is 1. The summed E-state index contributed by atoms with van der Waals surface area (Å²) in [4.78, 5) is 1.59. The predicted octanol–water partition coefficient (Wildman–Crippen LogP) is 2.54. The lowest BCUT2D eigenvalue weighted by atomic mass is 10.3. The fourth-order valence-electron chi connectivity index (χ4n) is 0.883. The van der Waals surface area contributed by atoms with Crippen LogP contribution in [-0.2, 0) is 0 Å². The molecule has 0 saturated carbocycles. The van der Waals surface area contributed by atoms with Crippen LogP contribution in [0.25, 0.3) is 0 Å². The maximum absolute atomic E-state index is 7.26. The zero-order chi connectivity index (χ0) is 10.0. The highest BCUT2D eigenvalue weighted by Gasteiger charge is 2.07. The second-order valence-electron chi connectivity index (χ2n) is 2.54. The van der Waals surface area contributed by atoms with E-state index in [-0.39, 0.29) is 5.96 Å². The van der Waals surface area contributed by atoms with Crippen LogP contribution >= 0.6 is 31.9 Å². The number of nitrogens with one attached hydrogen (secondary N) is 1. The van der Waals surface area contributed by atoms with Gasteiger partial charge in [0.15, 0.2) is 5.96 Å². The summed E-state index contributed by atoms with van der Waals surface area (Å²) < 4.78 is 1.89. The molecule has 70 valence electrons. The van der Waals surface area contributed by atoms with Crippen molar-refractivity contribution in [2.45, 2.75) is 0 Å². The van der Waals surface area contributed by atoms with E-state index in [9.17, 15) is 0 Å². The molecule has 0 aliphatic heterocycles. The predicted molar refractivity (Wildman–Crippen MR) is 62.2 cm³/mol. The normalized spacial score (nSPS) is 9.77. The minimum atomic E-state index is 0.0167. The van der Waals surface area contributed by atoms with Gasteiger partial charge in [-0.2, -0.15) is 0 Å². The standard InChI is InChI=1S/C8H9Br2N3/c1-13(8(11)12)7-3-2-5(9)4-6(7)10/h2-4H,1H3,(H3,11,12). The molecule has 1 aromatic rings. The summed E-state index contributed by atoms with van der Waals surface area (Å²) in [5.74, 6) is 0.0167. The van der Waals surface area contributed by atoms with Gasteiger partial charge in [0.2, 0.25) is 0 Å². The van der Waals surface area contributed by atoms with E-state index in [0.717, 1.165) is 14.6 Å². The van der Waals surface area contributed by atoms with E-state index < -0.39 is 0 Å². The van der Waals surface area contributed by atoms with Gasteiger partial charge in [0, 0.05) is 16.0 Å². The minimum Gasteiger partial charge on any atom is -0.370 e. The Morgan fingerprint density at radius 2 is 2.08 bits per heavy atom. The highest BCUT2D eigenvalue weighted by atomic mass is 79.9. The van der Waals surface area contributed by atoms with Crippen LogP contribution in [0.5, 0.6) is 0 Å². The Balaban J connectivity index is 3.08. The molecule has 3 nitrogen and oxygen atoms in total. The van der Waals surface area contributed by atoms with Crippen molar-refractivity contribution >= 4 is 43.5 Å². The van der Waals surface area contributed by atoms with E-state index >= 15 is 0 Å². The Labute approximate surface area is 93.7 Å². The van der Waals surface area contributed by atoms with Gasteiger partial charge in [-0.25, -0.2) is 0 Å². The van der Waals surface area contributed by atoms with E-state index in [1.807, 2.05) is 18.2 Å². The summed E-state index contributed by atoms with van der Waals surface area (Å²) in [5, 5.41) is 7.26. The van der Waals surface area contributed by atoms with Gasteiger partial charge in [0.25, 0.3) is 0 Å². The first-order valence-corrected chi connectivity index (χ1v) is 5.14. The number of halogens is 2. The minimum absolute atomic E-state index is 0.0167. The Morgan fingerprint density at radius 1 is 1.46 bits per heavy atom. The topological polar surface area (TPSA) is 53.1 Å². The van der Waals surface area contributed by atoms with Gasteiger partial charge < -0.3 is 10.6 Å². The lowest BCUT2D eigenvalue weighted by Gasteiger charge is -2.18. The molecule has 0 saturated heterocycles. The average molecular weight is 307 g/mol. The van der Waals surface area contributed by atoms with Crippen molar-refractivity contribution in [3.8, 4) is 0 Å². The van der Waals surface area contributed by atoms with Crippen molar-refractivity contribution in [3.05, 3.63) is 27.1 Å². The molecule has 3 N–H and O–H groups in total. The second-order valence-corrected chi connectivity index (χ2v) is 4.31. The highest BCUT2D eigenvalue weighted by molar-refractivity contribution is 9.11. The largest absolute Gasteiger partial charge is 0.370 e. The summed E-state index contributed by atoms with van der Waals surface area (Å²) >= 11 is 6.74. The monoisotopic (exact) mass is 305 g/mol. The van der Waals surface area contributed by atoms with Gasteiger partial charge in [0.05, 0.1) is 5.69 Å². The Hall–Kier alpha value is -0.550. The van der Waals surface area contributed by atoms with Crippen molar-refractivity contribution < 1.29 is 0 Å². The Kier molecular flexibility index (Phi) is 3.33. The van der Waals surface area contributed by atoms with Gasteiger partial charge in [-0.05, 0) is 34.1 Å². The molecule has 1 aromatic carbocycles. The molecule has 1 rings (SSSR count). The molecule has 0 heterocycles. The summed E-state index contributed by atoms with van der Waals surface area (Å²) in [5.41, 5.74) is 6.22. The lowest BCUT2D eigenvalue weighted by Crippen LogP contribution is -2.32. The third kappa shape index (κ3) is 2.45. The van der Waals surface area contributed by atoms with Gasteiger partial charge in [-0.1, -0.05) is 15.9 Å². The van der Waals surface area contributed by atoms with E-state index in [1.165, 1.54) is 0 Å². The van der Waals surface area contributed by atoms with Crippen molar-refractivity contribution in [1.82, 2.24) is 0 Å². The Bertz CT molecular complexity index is 338. The average Bonchev–Trinajstić information content (AvgIpc) is 2.03. The van der Waals surface area contributed by atoms with Crippen LogP contribution in [0, 0.1) is 5.41 Å². The molecule has 0 spiro atoms. The molecule has 0 unspecified atom stereocenters. The maximum atomic E-state index is 7.26. The van der Waals surface area contributed by atoms with Crippen LogP contribution in [0.4, 0.5) is 5.69 Å². The fourth-order valence-corrected chi connectivity index (χ4v) is 2.20. The summed E-state index contributed by atoms with van der Waals surface area (Å²) in [7, 11) is 1.75. The molecule has 13 heavy (non-hydrogen) atoms. The molecule has 0 bridgehead atoms. The molecular weight excluding hydrogens is 298 g/mol. The molecule has 0 aliphatic rings. The number of benzene rings is 1. The van der Waals surface area contributed by atoms with E-state index in [1.54, 1.807) is 11.9 Å². The van der Waals surface area contributed by atoms with Crippen molar-refractivity contribution in [3.63, 3.8) is 0 Å². The molecular formula is C8H9Br2N3. The zero-order valence-electron chi connectivity index (χ0n) is 7.01. The molecule has 0 aromatic heterocycles. The van der Waals surface area contributed by atoms with Gasteiger partial charge >= 0.3 is 0 Å². The van der Waals surface area contributed by atoms with Gasteiger partial charge in [-0.15, -0.1) is 0 Å². The molecule has 0 amide bonds. The van der Waals surface area contributed by atoms with Crippen LogP contribution in [0.3, 0.4) is 0 Å². The third-order valence-electron chi connectivity index (χ3n) is 1.63. The van der Waals surface area contributed by atoms with Gasteiger partial charge in [0.1, 0.15) is 0 Å². The van der Waals surface area contributed by atoms with Crippen LogP contribution in [0.15, 0.2) is 27.1 Å². The first-order valence-electron chi connectivity index (χ1n) is 3.55. The second kappa shape index (κ2) is 4.11. The van der Waals surface area contributed by atoms with Crippen molar-refractivity contribution in [1.29, 1.82) is 5.41 Å². The zero-order valence-corrected chi connectivity index (χ0v) is 10.2. The summed E-state index contributed by atoms with van der Waals surface area (Å²) in [6, 6.07) is 5.70. The number of guanidine groups is 1. The molecule has 0 radical (unpaired) electrons. The fraction of sp³-hybridized carbons (Fsp3) is 0.125. The smallest absolute Gasteiger partial charge is 0.192 e. The molecule has 5 heteroatoms. The first kappa shape index (κ1) is 10.5. The SMILES string of the molecule is CN(C(=N)N)c1ccc(Br)cc1Br. The maximum Gasteiger partial charge on any atom is 0.192 e. The Morgan fingerprint density at radius 3 is 2.54 bits per heavy atom. The lowest BCUT2D eigenvalue weighted by molar-refractivity contribution is 1.19. The van der Waals surface area contributed by atoms with E-state index in [0.29, 0.717) is 0 Å².